The van der Waals surface area contributed by atoms with Crippen molar-refractivity contribution >= 4 is 276 Å². The third-order valence-electron chi connectivity index (χ3n) is 5.03. The van der Waals surface area contributed by atoms with Crippen LogP contribution in [-0.4, -0.2) is 259 Å². The molecule has 0 unspecified atom stereocenters. The molecular weight excluding hydrogens is 1970 g/mol. The minimum absolute atomic E-state index is 0. The van der Waals surface area contributed by atoms with Crippen LogP contribution in [0.1, 0.15) is 156 Å². The molecule has 7 aromatic heterocycles. The molecule has 7 rings (SSSR count). The molecular formula is C49H106Se7Sn7. The summed E-state index contributed by atoms with van der Waals surface area (Å²) in [5.41, 5.74) is 0. The standard InChI is InChI=1S/C12H6Se3.C8H4Se2.C4H3Se.C4H2Se.21CH4.7Sn.7H/c1-3-9(13-7-1)11-5-6-12(15-11)10-4-2-8-14-10;1-3-7(9-5-1)8-4-2-6-10-8;2*1-2-4-5-3-1;;;;;;;;;;;;;;;;;;;;;;;;;;;;;;;;;;;/h1-6H;1-4H;1-3H;1-2H;21*1H4;;;;;;;;;;;;;;. The number of hydrogen-bond acceptors (Lipinski definition) is 0. The van der Waals surface area contributed by atoms with E-state index in [0.717, 1.165) is 29.0 Å². The summed E-state index contributed by atoms with van der Waals surface area (Å²) in [6, 6.07) is 32.5. The Labute approximate surface area is 538 Å². The van der Waals surface area contributed by atoms with E-state index in [1.54, 1.807) is 43.8 Å². The predicted octanol–water partition coefficient (Wildman–Crippen LogP) is 8.19. The van der Waals surface area contributed by atoms with Gasteiger partial charge in [-0.15, -0.1) is 0 Å². The molecule has 0 aliphatic carbocycles. The van der Waals surface area contributed by atoms with Crippen molar-refractivity contribution in [2.24, 2.45) is 0 Å². The maximum absolute atomic E-state index is 2.39. The molecule has 372 valence electrons. The molecule has 0 fully saturated rings. The first kappa shape index (κ1) is 122. The molecule has 7 aromatic rings. The second kappa shape index (κ2) is 67.6. The van der Waals surface area contributed by atoms with E-state index in [9.17, 15) is 0 Å². The topological polar surface area (TPSA) is 0 Å². The third-order valence-corrected chi connectivity index (χ3v) is 36.7. The average molecular weight is 2080 g/mol. The van der Waals surface area contributed by atoms with Crippen LogP contribution in [0.15, 0.2) is 89.9 Å². The van der Waals surface area contributed by atoms with Crippen LogP contribution in [0, 0.1) is 0 Å². The Bertz CT molecular complexity index is 1680. The molecule has 0 saturated carbocycles. The van der Waals surface area contributed by atoms with E-state index in [1.807, 2.05) is 0 Å². The predicted molar refractivity (Wildman–Crippen MR) is 349 cm³/mol. The van der Waals surface area contributed by atoms with Gasteiger partial charge in [-0.25, -0.2) is 0 Å². The van der Waals surface area contributed by atoms with Crippen molar-refractivity contribution in [3.8, 4) is 26.6 Å². The van der Waals surface area contributed by atoms with Crippen molar-refractivity contribution in [1.29, 1.82) is 0 Å². The van der Waals surface area contributed by atoms with Crippen LogP contribution >= 0.6 is 0 Å². The monoisotopic (exact) mass is 2090 g/mol. The van der Waals surface area contributed by atoms with Gasteiger partial charge in [0.15, 0.2) is 0 Å². The molecule has 0 aliphatic heterocycles. The Morgan fingerprint density at radius 2 is 0.397 bits per heavy atom. The molecule has 0 amide bonds. The molecule has 14 radical (unpaired) electrons. The van der Waals surface area contributed by atoms with E-state index >= 15 is 0 Å². The van der Waals surface area contributed by atoms with Crippen molar-refractivity contribution < 1.29 is 0 Å². The molecule has 0 nitrogen and oxygen atoms in total. The average Bonchev–Trinajstić information content (AvgIpc) is 3.77. The summed E-state index contributed by atoms with van der Waals surface area (Å²) >= 11 is 14.2. The summed E-state index contributed by atoms with van der Waals surface area (Å²) in [5.74, 6) is 0. The Balaban J connectivity index is -0.0000000253. The Morgan fingerprint density at radius 3 is 0.524 bits per heavy atom. The van der Waals surface area contributed by atoms with Crippen LogP contribution in [0.25, 0.3) is 26.6 Å². The Morgan fingerprint density at radius 1 is 0.206 bits per heavy atom. The fourth-order valence-electron chi connectivity index (χ4n) is 3.20. The Kier molecular flexibility index (Phi) is 131. The zero-order chi connectivity index (χ0) is 30.1. The fourth-order valence-corrected chi connectivity index (χ4v) is 36.1. The molecule has 0 aromatic carbocycles. The molecule has 0 atom stereocenters. The molecule has 0 bridgehead atoms. The van der Waals surface area contributed by atoms with Crippen LogP contribution < -0.4 is 17.2 Å². The van der Waals surface area contributed by atoms with Gasteiger partial charge in [0.1, 0.15) is 0 Å². The number of hydrogen-bond donors (Lipinski definition) is 0. The van der Waals surface area contributed by atoms with Gasteiger partial charge in [0, 0.05) is 0 Å². The van der Waals surface area contributed by atoms with E-state index in [1.165, 1.54) is 158 Å². The van der Waals surface area contributed by atoms with Gasteiger partial charge in [0.2, 0.25) is 0 Å². The van der Waals surface area contributed by atoms with E-state index in [0.29, 0.717) is 72.5 Å². The zero-order valence-corrected chi connectivity index (χ0v) is 57.1. The van der Waals surface area contributed by atoms with Gasteiger partial charge in [-0.2, -0.15) is 0 Å². The SMILES string of the molecule is C.C.C.C.C.C.C.C.C.C.C.C.C.C.C.C.C.C.C.C.C.[SnH][c]1cc[c]([SnH])[se]1.[SnH][c]1ccc(-c2cc[c]([SnH])[se]2)[se]1.[SnH][c]1ccc(-c2ccc(-c3cc[c]([SnH])[se]3)[se]2)[se]1.[SnH][c]1ccc[se]1. The van der Waals surface area contributed by atoms with Crippen molar-refractivity contribution in [3.63, 3.8) is 0 Å². The zero-order valence-electron chi connectivity index (χ0n) is 22.1. The minimum atomic E-state index is 0. The van der Waals surface area contributed by atoms with Gasteiger partial charge in [0.25, 0.3) is 0 Å². The normalized spacial score (nSPS) is 6.84. The summed E-state index contributed by atoms with van der Waals surface area (Å²) < 4.78 is 21.8. The van der Waals surface area contributed by atoms with Crippen LogP contribution in [0.5, 0.6) is 0 Å². The molecule has 14 heteroatoms. The van der Waals surface area contributed by atoms with Crippen molar-refractivity contribution in [2.75, 3.05) is 0 Å². The molecule has 0 saturated heterocycles. The van der Waals surface area contributed by atoms with Crippen molar-refractivity contribution in [1.82, 2.24) is 0 Å². The van der Waals surface area contributed by atoms with Gasteiger partial charge >= 0.3 is 393 Å². The fraction of sp³-hybridized carbons (Fsp3) is 0.429. The Hall–Kier alpha value is 5.59. The van der Waals surface area contributed by atoms with E-state index in [-0.39, 0.29) is 156 Å². The van der Waals surface area contributed by atoms with Gasteiger partial charge in [-0.1, -0.05) is 156 Å². The second-order valence-electron chi connectivity index (χ2n) is 8.23. The quantitative estimate of drug-likeness (QED) is 0.157. The summed E-state index contributed by atoms with van der Waals surface area (Å²) in [5, 5.41) is 0. The summed E-state index contributed by atoms with van der Waals surface area (Å²) in [7, 11) is 0. The summed E-state index contributed by atoms with van der Waals surface area (Å²) in [6.45, 7) is 0. The first-order valence-corrected chi connectivity index (χ1v) is 35.7. The van der Waals surface area contributed by atoms with E-state index < -0.39 is 0 Å². The molecule has 0 spiro atoms. The molecule has 0 aliphatic rings. The number of rotatable bonds is 3. The molecule has 0 N–H and O–H groups in total. The first-order valence-electron chi connectivity index (χ1n) is 12.1. The third kappa shape index (κ3) is 47.1. The molecule has 7 heterocycles. The summed E-state index contributed by atoms with van der Waals surface area (Å²) in [6.07, 6.45) is 0. The second-order valence-corrected chi connectivity index (χ2v) is 55.5. The van der Waals surface area contributed by atoms with Crippen LogP contribution in [-0.2, 0) is 0 Å². The van der Waals surface area contributed by atoms with Crippen LogP contribution in [0.3, 0.4) is 0 Å². The molecule has 63 heavy (non-hydrogen) atoms. The van der Waals surface area contributed by atoms with Crippen LogP contribution in [0.2, 0.25) is 0 Å². The van der Waals surface area contributed by atoms with Gasteiger partial charge in [0.05, 0.1) is 0 Å². The van der Waals surface area contributed by atoms with Gasteiger partial charge in [-0.3, -0.25) is 0 Å². The van der Waals surface area contributed by atoms with Crippen molar-refractivity contribution in [3.05, 3.63) is 89.9 Å². The van der Waals surface area contributed by atoms with E-state index in [2.05, 4.69) is 89.9 Å². The first-order chi connectivity index (χ1) is 20.2. The van der Waals surface area contributed by atoms with Crippen LogP contribution in [0.4, 0.5) is 0 Å². The summed E-state index contributed by atoms with van der Waals surface area (Å²) in [4.78, 5) is 2.26. The maximum atomic E-state index is 2.39. The van der Waals surface area contributed by atoms with E-state index in [4.69, 9.17) is 0 Å². The van der Waals surface area contributed by atoms with Gasteiger partial charge < -0.3 is 0 Å². The van der Waals surface area contributed by atoms with Gasteiger partial charge in [-0.05, 0) is 0 Å². The van der Waals surface area contributed by atoms with Crippen molar-refractivity contribution in [2.45, 2.75) is 156 Å².